The van der Waals surface area contributed by atoms with Crippen LogP contribution >= 0.6 is 11.6 Å². The second-order valence-electron chi connectivity index (χ2n) is 4.97. The minimum Gasteiger partial charge on any atom is -0.358 e. The molecule has 108 valence electrons. The molecular formula is C14H14ClN5O. The highest BCUT2D eigenvalue weighted by Gasteiger charge is 2.26. The Balaban J connectivity index is 1.99. The van der Waals surface area contributed by atoms with Crippen LogP contribution in [0.15, 0.2) is 47.3 Å². The molecule has 0 saturated carbocycles. The Kier molecular flexibility index (Phi) is 3.39. The maximum Gasteiger partial charge on any atom is 0.364 e. The number of rotatable bonds is 4. The second-order valence-corrected chi connectivity index (χ2v) is 5.24. The van der Waals surface area contributed by atoms with Crippen LogP contribution in [0, 0.1) is 0 Å². The zero-order valence-electron chi connectivity index (χ0n) is 11.4. The summed E-state index contributed by atoms with van der Waals surface area (Å²) in [5.74, 6) is 0.912. The number of anilines is 1. The van der Waals surface area contributed by atoms with E-state index in [4.69, 9.17) is 11.6 Å². The number of H-pyrrole nitrogens is 1. The van der Waals surface area contributed by atoms with Gasteiger partial charge in [-0.2, -0.15) is 9.61 Å². The maximum atomic E-state index is 11.6. The van der Waals surface area contributed by atoms with Crippen LogP contribution in [0.5, 0.6) is 0 Å². The molecule has 2 aromatic heterocycles. The van der Waals surface area contributed by atoms with Crippen LogP contribution in [0.4, 0.5) is 5.82 Å². The first-order valence-corrected chi connectivity index (χ1v) is 7.00. The van der Waals surface area contributed by atoms with Crippen molar-refractivity contribution in [2.24, 2.45) is 0 Å². The average molecular weight is 304 g/mol. The number of fused-ring (bicyclic) bond motifs is 1. The van der Waals surface area contributed by atoms with Gasteiger partial charge in [0.15, 0.2) is 5.65 Å². The molecule has 0 fully saturated rings. The van der Waals surface area contributed by atoms with E-state index in [-0.39, 0.29) is 5.69 Å². The fourth-order valence-corrected chi connectivity index (χ4v) is 2.36. The molecule has 3 rings (SSSR count). The lowest BCUT2D eigenvalue weighted by Gasteiger charge is -2.29. The Morgan fingerprint density at radius 2 is 2.05 bits per heavy atom. The Bertz CT molecular complexity index is 813. The van der Waals surface area contributed by atoms with Crippen LogP contribution in [0.1, 0.15) is 12.5 Å². The summed E-state index contributed by atoms with van der Waals surface area (Å²) in [6.45, 7) is 1.99. The van der Waals surface area contributed by atoms with Crippen molar-refractivity contribution in [3.63, 3.8) is 0 Å². The van der Waals surface area contributed by atoms with Crippen LogP contribution < -0.4 is 11.0 Å². The first kappa shape index (κ1) is 13.6. The lowest BCUT2D eigenvalue weighted by Crippen LogP contribution is -2.34. The third-order valence-corrected chi connectivity index (χ3v) is 3.89. The van der Waals surface area contributed by atoms with Gasteiger partial charge in [0.05, 0.1) is 5.54 Å². The summed E-state index contributed by atoms with van der Waals surface area (Å²) in [5, 5.41) is 13.7. The number of hydrogen-bond acceptors (Lipinski definition) is 4. The zero-order chi connectivity index (χ0) is 14.9. The van der Waals surface area contributed by atoms with E-state index in [0.29, 0.717) is 17.3 Å². The van der Waals surface area contributed by atoms with Gasteiger partial charge in [0.25, 0.3) is 0 Å². The fraction of sp³-hybridized carbons (Fsp3) is 0.214. The normalized spacial score (nSPS) is 14.0. The Labute approximate surface area is 125 Å². The van der Waals surface area contributed by atoms with E-state index in [1.165, 1.54) is 4.52 Å². The van der Waals surface area contributed by atoms with Crippen LogP contribution in [-0.2, 0) is 5.54 Å². The van der Waals surface area contributed by atoms with Gasteiger partial charge in [0, 0.05) is 5.88 Å². The first-order valence-electron chi connectivity index (χ1n) is 6.46. The van der Waals surface area contributed by atoms with Gasteiger partial charge < -0.3 is 5.32 Å². The number of benzene rings is 1. The molecule has 7 heteroatoms. The summed E-state index contributed by atoms with van der Waals surface area (Å²) >= 11 is 6.14. The lowest BCUT2D eigenvalue weighted by atomic mass is 9.94. The largest absolute Gasteiger partial charge is 0.364 e. The van der Waals surface area contributed by atoms with Crippen molar-refractivity contribution in [1.82, 2.24) is 19.8 Å². The van der Waals surface area contributed by atoms with Crippen molar-refractivity contribution < 1.29 is 0 Å². The Morgan fingerprint density at radius 3 is 2.76 bits per heavy atom. The van der Waals surface area contributed by atoms with E-state index in [0.717, 1.165) is 5.56 Å². The molecule has 3 aromatic rings. The molecule has 2 heterocycles. The number of aromatic nitrogens is 4. The highest BCUT2D eigenvalue weighted by atomic mass is 35.5. The van der Waals surface area contributed by atoms with E-state index in [1.54, 1.807) is 12.1 Å². The third-order valence-electron chi connectivity index (χ3n) is 3.36. The van der Waals surface area contributed by atoms with E-state index >= 15 is 0 Å². The molecule has 0 amide bonds. The van der Waals surface area contributed by atoms with Gasteiger partial charge in [-0.1, -0.05) is 30.3 Å². The number of nitrogens with zero attached hydrogens (tertiary/aromatic N) is 3. The van der Waals surface area contributed by atoms with Crippen LogP contribution in [0.2, 0.25) is 0 Å². The number of aromatic amines is 1. The molecule has 0 bridgehead atoms. The smallest absolute Gasteiger partial charge is 0.358 e. The SMILES string of the molecule is CC(CCl)(Nc1ccc2n[nH]c(=O)n2n1)c1ccccc1. The van der Waals surface area contributed by atoms with Gasteiger partial charge in [-0.25, -0.2) is 9.89 Å². The van der Waals surface area contributed by atoms with Crippen molar-refractivity contribution in [3.05, 3.63) is 58.5 Å². The van der Waals surface area contributed by atoms with E-state index in [2.05, 4.69) is 20.6 Å². The van der Waals surface area contributed by atoms with Crippen molar-refractivity contribution in [2.45, 2.75) is 12.5 Å². The highest BCUT2D eigenvalue weighted by molar-refractivity contribution is 6.18. The number of halogens is 1. The lowest BCUT2D eigenvalue weighted by molar-refractivity contribution is 0.610. The van der Waals surface area contributed by atoms with Gasteiger partial charge in [0.2, 0.25) is 0 Å². The summed E-state index contributed by atoms with van der Waals surface area (Å²) in [4.78, 5) is 11.6. The quantitative estimate of drug-likeness (QED) is 0.723. The predicted octanol–water partition coefficient (Wildman–Crippen LogP) is 1.98. The Morgan fingerprint density at radius 1 is 1.29 bits per heavy atom. The molecule has 1 unspecified atom stereocenters. The fourth-order valence-electron chi connectivity index (χ4n) is 2.14. The van der Waals surface area contributed by atoms with E-state index in [9.17, 15) is 4.79 Å². The third kappa shape index (κ3) is 2.50. The van der Waals surface area contributed by atoms with Crippen LogP contribution in [0.3, 0.4) is 0 Å². The summed E-state index contributed by atoms with van der Waals surface area (Å²) in [7, 11) is 0. The number of nitrogens with one attached hydrogen (secondary N) is 2. The Hall–Kier alpha value is -2.34. The van der Waals surface area contributed by atoms with Gasteiger partial charge in [0.1, 0.15) is 5.82 Å². The zero-order valence-corrected chi connectivity index (χ0v) is 12.1. The molecule has 6 nitrogen and oxygen atoms in total. The second kappa shape index (κ2) is 5.21. The molecule has 0 spiro atoms. The molecule has 0 radical (unpaired) electrons. The number of hydrogen-bond donors (Lipinski definition) is 2. The molecule has 1 atom stereocenters. The summed E-state index contributed by atoms with van der Waals surface area (Å²) < 4.78 is 1.21. The van der Waals surface area contributed by atoms with Crippen LogP contribution in [0.25, 0.3) is 5.65 Å². The molecular weight excluding hydrogens is 290 g/mol. The standard InChI is InChI=1S/C14H14ClN5O/c1-14(9-15,10-5-3-2-4-6-10)16-11-7-8-12-17-18-13(21)20(12)19-11/h2-8H,9H2,1H3,(H,16,19)(H,18,21). The molecule has 0 aliphatic carbocycles. The van der Waals surface area contributed by atoms with Gasteiger partial charge in [-0.15, -0.1) is 16.7 Å². The predicted molar refractivity (Wildman–Crippen MR) is 81.7 cm³/mol. The van der Waals surface area contributed by atoms with Crippen molar-refractivity contribution in [2.75, 3.05) is 11.2 Å². The molecule has 0 aliphatic heterocycles. The van der Waals surface area contributed by atoms with Crippen LogP contribution in [-0.4, -0.2) is 25.7 Å². The van der Waals surface area contributed by atoms with Gasteiger partial charge in [-0.05, 0) is 24.6 Å². The summed E-state index contributed by atoms with van der Waals surface area (Å²) in [6.07, 6.45) is 0. The highest BCUT2D eigenvalue weighted by Crippen LogP contribution is 2.26. The average Bonchev–Trinajstić information content (AvgIpc) is 2.89. The molecule has 0 saturated heterocycles. The van der Waals surface area contributed by atoms with Crippen molar-refractivity contribution >= 4 is 23.1 Å². The van der Waals surface area contributed by atoms with Gasteiger partial charge >= 0.3 is 5.69 Å². The van der Waals surface area contributed by atoms with Crippen molar-refractivity contribution in [1.29, 1.82) is 0 Å². The summed E-state index contributed by atoms with van der Waals surface area (Å²) in [5.41, 5.74) is 0.650. The number of alkyl halides is 1. The first-order chi connectivity index (χ1) is 10.1. The minimum atomic E-state index is -0.489. The topological polar surface area (TPSA) is 75.1 Å². The van der Waals surface area contributed by atoms with Gasteiger partial charge in [-0.3, -0.25) is 0 Å². The molecule has 0 aliphatic rings. The van der Waals surface area contributed by atoms with Crippen molar-refractivity contribution in [3.8, 4) is 0 Å². The monoisotopic (exact) mass is 303 g/mol. The molecule has 21 heavy (non-hydrogen) atoms. The summed E-state index contributed by atoms with van der Waals surface area (Å²) in [6, 6.07) is 13.3. The molecule has 1 aromatic carbocycles. The molecule has 2 N–H and O–H groups in total. The van der Waals surface area contributed by atoms with E-state index in [1.807, 2.05) is 37.3 Å². The maximum absolute atomic E-state index is 11.6. The van der Waals surface area contributed by atoms with E-state index < -0.39 is 5.54 Å². The minimum absolute atomic E-state index is 0.358.